The van der Waals surface area contributed by atoms with E-state index in [1.165, 1.54) is 0 Å². The molecule has 0 spiro atoms. The van der Waals surface area contributed by atoms with E-state index in [9.17, 15) is 0 Å². The van der Waals surface area contributed by atoms with Gasteiger partial charge >= 0.3 is 0 Å². The van der Waals surface area contributed by atoms with E-state index in [0.717, 1.165) is 28.1 Å². The lowest BCUT2D eigenvalue weighted by molar-refractivity contribution is 0.627. The summed E-state index contributed by atoms with van der Waals surface area (Å²) in [5.41, 5.74) is 7.86. The molecular formula is C11H16BrN3S. The molecule has 0 bridgehead atoms. The van der Waals surface area contributed by atoms with Gasteiger partial charge in [0.1, 0.15) is 0 Å². The van der Waals surface area contributed by atoms with Crippen molar-refractivity contribution in [2.24, 2.45) is 0 Å². The maximum Gasteiger partial charge on any atom is 0.0779 e. The summed E-state index contributed by atoms with van der Waals surface area (Å²) in [5, 5.41) is 0.633. The first-order chi connectivity index (χ1) is 7.61. The Hall–Kier alpha value is -0.420. The van der Waals surface area contributed by atoms with Gasteiger partial charge in [0.25, 0.3) is 0 Å². The molecule has 5 heteroatoms. The molecule has 88 valence electrons. The number of halogens is 1. The molecule has 2 unspecified atom stereocenters. The SMILES string of the molecule is CC1SCCN(c2c(N)cncc2Br)C1C. The van der Waals surface area contributed by atoms with Gasteiger partial charge in [-0.3, -0.25) is 4.98 Å². The van der Waals surface area contributed by atoms with Crippen molar-refractivity contribution in [3.8, 4) is 0 Å². The summed E-state index contributed by atoms with van der Waals surface area (Å²) in [5.74, 6) is 1.15. The van der Waals surface area contributed by atoms with Gasteiger partial charge in [-0.05, 0) is 22.9 Å². The smallest absolute Gasteiger partial charge is 0.0779 e. The Morgan fingerprint density at radius 1 is 1.50 bits per heavy atom. The van der Waals surface area contributed by atoms with Gasteiger partial charge < -0.3 is 10.6 Å². The predicted molar refractivity (Wildman–Crippen MR) is 75.1 cm³/mol. The number of thioether (sulfide) groups is 1. The van der Waals surface area contributed by atoms with Crippen molar-refractivity contribution in [2.45, 2.75) is 25.1 Å². The zero-order chi connectivity index (χ0) is 11.7. The molecule has 0 aromatic carbocycles. The number of nitrogens with zero attached hydrogens (tertiary/aromatic N) is 2. The molecule has 1 aliphatic heterocycles. The highest BCUT2D eigenvalue weighted by Crippen LogP contribution is 2.36. The van der Waals surface area contributed by atoms with Crippen LogP contribution < -0.4 is 10.6 Å². The third-order valence-corrected chi connectivity index (χ3v) is 4.99. The lowest BCUT2D eigenvalue weighted by Gasteiger charge is -2.40. The average molecular weight is 302 g/mol. The van der Waals surface area contributed by atoms with Gasteiger partial charge in [0.05, 0.1) is 22.0 Å². The van der Waals surface area contributed by atoms with Crippen LogP contribution >= 0.6 is 27.7 Å². The molecule has 1 fully saturated rings. The van der Waals surface area contributed by atoms with Crippen molar-refractivity contribution in [3.05, 3.63) is 16.9 Å². The molecule has 1 aromatic rings. The Morgan fingerprint density at radius 2 is 2.25 bits per heavy atom. The van der Waals surface area contributed by atoms with Crippen LogP contribution in [0.4, 0.5) is 11.4 Å². The quantitative estimate of drug-likeness (QED) is 0.866. The van der Waals surface area contributed by atoms with Gasteiger partial charge in [0.2, 0.25) is 0 Å². The molecule has 2 rings (SSSR count). The van der Waals surface area contributed by atoms with Crippen molar-refractivity contribution in [1.82, 2.24) is 4.98 Å². The fourth-order valence-electron chi connectivity index (χ4n) is 1.99. The van der Waals surface area contributed by atoms with Gasteiger partial charge in [-0.15, -0.1) is 0 Å². The summed E-state index contributed by atoms with van der Waals surface area (Å²) in [6.07, 6.45) is 3.53. The van der Waals surface area contributed by atoms with Gasteiger partial charge in [-0.1, -0.05) is 6.92 Å². The second-order valence-electron chi connectivity index (χ2n) is 4.07. The molecule has 3 nitrogen and oxygen atoms in total. The summed E-state index contributed by atoms with van der Waals surface area (Å²) < 4.78 is 0.985. The Bertz CT molecular complexity index is 365. The monoisotopic (exact) mass is 301 g/mol. The highest BCUT2D eigenvalue weighted by atomic mass is 79.9. The van der Waals surface area contributed by atoms with Gasteiger partial charge in [0.15, 0.2) is 0 Å². The van der Waals surface area contributed by atoms with Crippen LogP contribution in [0.25, 0.3) is 0 Å². The largest absolute Gasteiger partial charge is 0.396 e. The summed E-state index contributed by atoms with van der Waals surface area (Å²) in [7, 11) is 0. The summed E-state index contributed by atoms with van der Waals surface area (Å²) >= 11 is 5.56. The number of hydrogen-bond donors (Lipinski definition) is 1. The zero-order valence-corrected chi connectivity index (χ0v) is 11.9. The van der Waals surface area contributed by atoms with Crippen molar-refractivity contribution in [1.29, 1.82) is 0 Å². The minimum atomic E-state index is 0.500. The Balaban J connectivity index is 2.36. The molecule has 0 saturated carbocycles. The number of hydrogen-bond acceptors (Lipinski definition) is 4. The Morgan fingerprint density at radius 3 is 2.94 bits per heavy atom. The molecule has 0 amide bonds. The van der Waals surface area contributed by atoms with E-state index < -0.39 is 0 Å². The molecular weight excluding hydrogens is 286 g/mol. The minimum Gasteiger partial charge on any atom is -0.396 e. The molecule has 2 N–H and O–H groups in total. The van der Waals surface area contributed by atoms with Crippen molar-refractivity contribution >= 4 is 39.1 Å². The van der Waals surface area contributed by atoms with Crippen LogP contribution in [0.15, 0.2) is 16.9 Å². The van der Waals surface area contributed by atoms with E-state index in [1.807, 2.05) is 18.0 Å². The maximum atomic E-state index is 6.02. The Kier molecular flexibility index (Phi) is 3.64. The Labute approximate surface area is 109 Å². The molecule has 0 aliphatic carbocycles. The highest BCUT2D eigenvalue weighted by Gasteiger charge is 2.27. The fraction of sp³-hybridized carbons (Fsp3) is 0.545. The van der Waals surface area contributed by atoms with Gasteiger partial charge in [-0.2, -0.15) is 11.8 Å². The fourth-order valence-corrected chi connectivity index (χ4v) is 3.67. The van der Waals surface area contributed by atoms with Crippen LogP contribution in [0.1, 0.15) is 13.8 Å². The molecule has 0 radical (unpaired) electrons. The lowest BCUT2D eigenvalue weighted by atomic mass is 10.1. The second kappa shape index (κ2) is 4.84. The maximum absolute atomic E-state index is 6.02. The summed E-state index contributed by atoms with van der Waals surface area (Å²) in [4.78, 5) is 6.46. The normalized spacial score (nSPS) is 25.8. The lowest BCUT2D eigenvalue weighted by Crippen LogP contribution is -2.45. The average Bonchev–Trinajstić information content (AvgIpc) is 2.24. The van der Waals surface area contributed by atoms with E-state index in [-0.39, 0.29) is 0 Å². The zero-order valence-electron chi connectivity index (χ0n) is 9.48. The highest BCUT2D eigenvalue weighted by molar-refractivity contribution is 9.10. The molecule has 16 heavy (non-hydrogen) atoms. The third kappa shape index (κ3) is 2.15. The molecule has 2 atom stereocenters. The molecule has 1 aliphatic rings. The van der Waals surface area contributed by atoms with Crippen molar-refractivity contribution in [2.75, 3.05) is 22.9 Å². The summed E-state index contributed by atoms with van der Waals surface area (Å²) in [6.45, 7) is 5.57. The molecule has 1 aromatic heterocycles. The first-order valence-corrected chi connectivity index (χ1v) is 7.22. The topological polar surface area (TPSA) is 42.1 Å². The van der Waals surface area contributed by atoms with E-state index in [0.29, 0.717) is 11.3 Å². The van der Waals surface area contributed by atoms with E-state index >= 15 is 0 Å². The second-order valence-corrected chi connectivity index (χ2v) is 6.41. The number of aromatic nitrogens is 1. The minimum absolute atomic E-state index is 0.500. The number of pyridine rings is 1. The van der Waals surface area contributed by atoms with Crippen LogP contribution in [0.2, 0.25) is 0 Å². The van der Waals surface area contributed by atoms with E-state index in [2.05, 4.69) is 39.7 Å². The first-order valence-electron chi connectivity index (χ1n) is 5.38. The van der Waals surface area contributed by atoms with Crippen molar-refractivity contribution in [3.63, 3.8) is 0 Å². The van der Waals surface area contributed by atoms with Gasteiger partial charge in [-0.25, -0.2) is 0 Å². The summed E-state index contributed by atoms with van der Waals surface area (Å²) in [6, 6.07) is 0.500. The van der Waals surface area contributed by atoms with E-state index in [4.69, 9.17) is 5.73 Å². The number of nitrogen functional groups attached to an aromatic ring is 1. The number of rotatable bonds is 1. The third-order valence-electron chi connectivity index (χ3n) is 3.07. The van der Waals surface area contributed by atoms with Crippen molar-refractivity contribution < 1.29 is 0 Å². The van der Waals surface area contributed by atoms with E-state index in [1.54, 1.807) is 6.20 Å². The predicted octanol–water partition coefficient (Wildman–Crippen LogP) is 2.76. The van der Waals surface area contributed by atoms with Gasteiger partial charge in [0, 0.05) is 29.8 Å². The standard InChI is InChI=1S/C11H16BrN3S/c1-7-8(2)16-4-3-15(7)11-9(12)5-14-6-10(11)13/h5-8H,3-4,13H2,1-2H3. The number of anilines is 2. The number of nitrogens with two attached hydrogens (primary N) is 1. The van der Waals surface area contributed by atoms with Crippen LogP contribution in [-0.2, 0) is 0 Å². The molecule has 2 heterocycles. The van der Waals surface area contributed by atoms with Crippen LogP contribution in [0, 0.1) is 0 Å². The van der Waals surface area contributed by atoms with Crippen LogP contribution in [0.3, 0.4) is 0 Å². The van der Waals surface area contributed by atoms with Crippen LogP contribution in [-0.4, -0.2) is 28.6 Å². The molecule has 1 saturated heterocycles. The van der Waals surface area contributed by atoms with Crippen LogP contribution in [0.5, 0.6) is 0 Å². The first kappa shape index (κ1) is 12.0.